The van der Waals surface area contributed by atoms with Crippen LogP contribution in [0.2, 0.25) is 0 Å². The first kappa shape index (κ1) is 16.6. The van der Waals surface area contributed by atoms with E-state index in [2.05, 4.69) is 20.6 Å². The number of aromatic nitrogens is 2. The third-order valence-electron chi connectivity index (χ3n) is 3.63. The molecule has 6 heteroatoms. The minimum atomic E-state index is -0.386. The van der Waals surface area contributed by atoms with Crippen LogP contribution in [0.5, 0.6) is 0 Å². The molecule has 2 N–H and O–H groups in total. The van der Waals surface area contributed by atoms with Gasteiger partial charge in [-0.05, 0) is 30.7 Å². The molecule has 0 bridgehead atoms. The molecule has 0 aliphatic heterocycles. The molecule has 0 atom stereocenters. The van der Waals surface area contributed by atoms with Gasteiger partial charge in [-0.1, -0.05) is 31.2 Å². The Morgan fingerprint density at radius 3 is 2.48 bits per heavy atom. The molecule has 2 amide bonds. The maximum Gasteiger partial charge on any atom is 0.274 e. The number of nitrogens with zero attached hydrogens (tertiary/aromatic N) is 2. The van der Waals surface area contributed by atoms with E-state index in [0.29, 0.717) is 17.7 Å². The number of carbonyl (C=O) groups excluding carboxylic acids is 2. The fourth-order valence-corrected chi connectivity index (χ4v) is 2.41. The first-order chi connectivity index (χ1) is 12.2. The number of para-hydroxylation sites is 1. The van der Waals surface area contributed by atoms with Gasteiger partial charge in [0.2, 0.25) is 0 Å². The minimum Gasteiger partial charge on any atom is -0.351 e. The molecule has 0 saturated heterocycles. The van der Waals surface area contributed by atoms with Crippen LogP contribution in [0.4, 0.5) is 5.69 Å². The summed E-state index contributed by atoms with van der Waals surface area (Å²) in [6.45, 7) is 2.54. The van der Waals surface area contributed by atoms with Crippen LogP contribution in [-0.4, -0.2) is 28.3 Å². The van der Waals surface area contributed by atoms with Crippen molar-refractivity contribution < 1.29 is 9.59 Å². The van der Waals surface area contributed by atoms with Crippen molar-refractivity contribution >= 4 is 28.4 Å². The van der Waals surface area contributed by atoms with Gasteiger partial charge in [0, 0.05) is 18.1 Å². The molecule has 0 aliphatic carbocycles. The van der Waals surface area contributed by atoms with Crippen LogP contribution in [-0.2, 0) is 0 Å². The Kier molecular flexibility index (Phi) is 4.99. The van der Waals surface area contributed by atoms with Gasteiger partial charge in [-0.2, -0.15) is 0 Å². The van der Waals surface area contributed by atoms with Gasteiger partial charge in [0.15, 0.2) is 0 Å². The molecule has 1 aromatic carbocycles. The summed E-state index contributed by atoms with van der Waals surface area (Å²) >= 11 is 0. The van der Waals surface area contributed by atoms with Gasteiger partial charge >= 0.3 is 0 Å². The Morgan fingerprint density at radius 2 is 1.68 bits per heavy atom. The predicted octanol–water partition coefficient (Wildman–Crippen LogP) is 3.02. The van der Waals surface area contributed by atoms with E-state index in [4.69, 9.17) is 0 Å². The van der Waals surface area contributed by atoms with Crippen molar-refractivity contribution in [3.63, 3.8) is 0 Å². The monoisotopic (exact) mass is 334 g/mol. The highest BCUT2D eigenvalue weighted by atomic mass is 16.2. The van der Waals surface area contributed by atoms with E-state index in [1.807, 2.05) is 31.2 Å². The van der Waals surface area contributed by atoms with Crippen molar-refractivity contribution in [1.29, 1.82) is 0 Å². The minimum absolute atomic E-state index is 0.178. The molecule has 0 aliphatic rings. The van der Waals surface area contributed by atoms with Crippen LogP contribution in [0, 0.1) is 0 Å². The molecular formula is C19H18N4O2. The Balaban J connectivity index is 1.82. The van der Waals surface area contributed by atoms with Crippen LogP contribution in [0.1, 0.15) is 34.3 Å². The Hall–Kier alpha value is -3.28. The van der Waals surface area contributed by atoms with Crippen LogP contribution in [0.25, 0.3) is 10.9 Å². The molecule has 3 aromatic rings. The average molecular weight is 334 g/mol. The highest BCUT2D eigenvalue weighted by molar-refractivity contribution is 6.07. The van der Waals surface area contributed by atoms with Crippen LogP contribution < -0.4 is 10.6 Å². The van der Waals surface area contributed by atoms with E-state index >= 15 is 0 Å². The first-order valence-corrected chi connectivity index (χ1v) is 8.09. The maximum absolute atomic E-state index is 12.5. The second kappa shape index (κ2) is 7.53. The molecule has 0 spiro atoms. The Labute approximate surface area is 145 Å². The fraction of sp³-hybridized carbons (Fsp3) is 0.158. The lowest BCUT2D eigenvalue weighted by atomic mass is 10.2. The van der Waals surface area contributed by atoms with Gasteiger partial charge in [-0.3, -0.25) is 14.6 Å². The summed E-state index contributed by atoms with van der Waals surface area (Å²) in [5, 5.41) is 6.49. The topological polar surface area (TPSA) is 84.0 Å². The van der Waals surface area contributed by atoms with Gasteiger partial charge in [0.25, 0.3) is 11.8 Å². The molecule has 0 fully saturated rings. The zero-order valence-electron chi connectivity index (χ0n) is 13.8. The Bertz CT molecular complexity index is 919. The van der Waals surface area contributed by atoms with E-state index in [9.17, 15) is 9.59 Å². The number of amides is 2. The van der Waals surface area contributed by atoms with E-state index < -0.39 is 0 Å². The molecule has 2 heterocycles. The highest BCUT2D eigenvalue weighted by Crippen LogP contribution is 2.21. The SMILES string of the molecule is CCCNC(=O)c1cccc(C(=O)Nc2cccc3cccnc23)n1. The molecule has 0 unspecified atom stereocenters. The van der Waals surface area contributed by atoms with Crippen molar-refractivity contribution in [2.24, 2.45) is 0 Å². The van der Waals surface area contributed by atoms with Crippen LogP contribution >= 0.6 is 0 Å². The fourth-order valence-electron chi connectivity index (χ4n) is 2.41. The van der Waals surface area contributed by atoms with Crippen molar-refractivity contribution in [1.82, 2.24) is 15.3 Å². The van der Waals surface area contributed by atoms with E-state index in [-0.39, 0.29) is 23.2 Å². The predicted molar refractivity (Wildman–Crippen MR) is 96.6 cm³/mol. The third-order valence-corrected chi connectivity index (χ3v) is 3.63. The van der Waals surface area contributed by atoms with Crippen LogP contribution in [0.15, 0.2) is 54.7 Å². The van der Waals surface area contributed by atoms with Crippen LogP contribution in [0.3, 0.4) is 0 Å². The number of hydrogen-bond acceptors (Lipinski definition) is 4. The number of hydrogen-bond donors (Lipinski definition) is 2. The summed E-state index contributed by atoms with van der Waals surface area (Å²) in [6, 6.07) is 14.1. The number of fused-ring (bicyclic) bond motifs is 1. The lowest BCUT2D eigenvalue weighted by Crippen LogP contribution is -2.26. The smallest absolute Gasteiger partial charge is 0.274 e. The number of carbonyl (C=O) groups is 2. The molecule has 6 nitrogen and oxygen atoms in total. The van der Waals surface area contributed by atoms with Crippen molar-refractivity contribution in [3.8, 4) is 0 Å². The molecule has 0 radical (unpaired) electrons. The zero-order chi connectivity index (χ0) is 17.6. The van der Waals surface area contributed by atoms with Crippen molar-refractivity contribution in [3.05, 3.63) is 66.1 Å². The van der Waals surface area contributed by atoms with Gasteiger partial charge in [0.1, 0.15) is 11.4 Å². The first-order valence-electron chi connectivity index (χ1n) is 8.09. The summed E-state index contributed by atoms with van der Waals surface area (Å²) < 4.78 is 0. The van der Waals surface area contributed by atoms with Gasteiger partial charge in [0.05, 0.1) is 11.2 Å². The van der Waals surface area contributed by atoms with E-state index in [1.165, 1.54) is 0 Å². The molecular weight excluding hydrogens is 316 g/mol. The van der Waals surface area contributed by atoms with Gasteiger partial charge < -0.3 is 10.6 Å². The normalized spacial score (nSPS) is 10.4. The van der Waals surface area contributed by atoms with Gasteiger partial charge in [-0.15, -0.1) is 0 Å². The number of pyridine rings is 2. The standard InChI is InChI=1S/C19H18N4O2/c1-2-11-21-18(24)15-9-4-10-16(22-15)19(25)23-14-8-3-6-13-7-5-12-20-17(13)14/h3-10,12H,2,11H2,1H3,(H,21,24)(H,23,25). The number of benzene rings is 1. The lowest BCUT2D eigenvalue weighted by molar-refractivity contribution is 0.0948. The molecule has 2 aromatic heterocycles. The van der Waals surface area contributed by atoms with Crippen molar-refractivity contribution in [2.75, 3.05) is 11.9 Å². The summed E-state index contributed by atoms with van der Waals surface area (Å²) in [6.07, 6.45) is 2.51. The highest BCUT2D eigenvalue weighted by Gasteiger charge is 2.13. The lowest BCUT2D eigenvalue weighted by Gasteiger charge is -2.08. The van der Waals surface area contributed by atoms with Gasteiger partial charge in [-0.25, -0.2) is 4.98 Å². The molecule has 3 rings (SSSR count). The average Bonchev–Trinajstić information content (AvgIpc) is 2.66. The van der Waals surface area contributed by atoms with E-state index in [1.54, 1.807) is 30.5 Å². The second-order valence-corrected chi connectivity index (χ2v) is 5.50. The summed E-state index contributed by atoms with van der Waals surface area (Å²) in [7, 11) is 0. The number of nitrogens with one attached hydrogen (secondary N) is 2. The second-order valence-electron chi connectivity index (χ2n) is 5.50. The molecule has 0 saturated carbocycles. The Morgan fingerprint density at radius 1 is 0.960 bits per heavy atom. The maximum atomic E-state index is 12.5. The summed E-state index contributed by atoms with van der Waals surface area (Å²) in [5.41, 5.74) is 1.70. The molecule has 126 valence electrons. The summed E-state index contributed by atoms with van der Waals surface area (Å²) in [5.74, 6) is -0.674. The van der Waals surface area contributed by atoms with Crippen molar-refractivity contribution in [2.45, 2.75) is 13.3 Å². The third kappa shape index (κ3) is 3.80. The number of rotatable bonds is 5. The van der Waals surface area contributed by atoms with E-state index in [0.717, 1.165) is 11.8 Å². The summed E-state index contributed by atoms with van der Waals surface area (Å²) in [4.78, 5) is 33.0. The largest absolute Gasteiger partial charge is 0.351 e. The molecule has 25 heavy (non-hydrogen) atoms. The quantitative estimate of drug-likeness (QED) is 0.751. The zero-order valence-corrected chi connectivity index (χ0v) is 13.8. The number of anilines is 1.